The van der Waals surface area contributed by atoms with E-state index in [2.05, 4.69) is 17.0 Å². The summed E-state index contributed by atoms with van der Waals surface area (Å²) in [5.74, 6) is 0. The second kappa shape index (κ2) is 5.29. The van der Waals surface area contributed by atoms with Gasteiger partial charge < -0.3 is 15.1 Å². The van der Waals surface area contributed by atoms with Crippen LogP contribution in [0.25, 0.3) is 0 Å². The lowest BCUT2D eigenvalue weighted by molar-refractivity contribution is 0.0481. The predicted molar refractivity (Wildman–Crippen MR) is 73.8 cm³/mol. The van der Waals surface area contributed by atoms with Crippen molar-refractivity contribution in [2.24, 2.45) is 0 Å². The molecule has 1 saturated heterocycles. The predicted octanol–water partition coefficient (Wildman–Crippen LogP) is 2.48. The highest BCUT2D eigenvalue weighted by molar-refractivity contribution is 5.48. The van der Waals surface area contributed by atoms with Crippen molar-refractivity contribution in [3.05, 3.63) is 29.8 Å². The molecule has 1 unspecified atom stereocenters. The first kappa shape index (κ1) is 13.4. The van der Waals surface area contributed by atoms with E-state index in [1.54, 1.807) is 6.92 Å². The number of benzene rings is 1. The van der Waals surface area contributed by atoms with Crippen molar-refractivity contribution in [3.63, 3.8) is 0 Å². The van der Waals surface area contributed by atoms with Gasteiger partial charge in [0.25, 0.3) is 0 Å². The molecule has 18 heavy (non-hydrogen) atoms. The van der Waals surface area contributed by atoms with Gasteiger partial charge >= 0.3 is 0 Å². The van der Waals surface area contributed by atoms with Crippen molar-refractivity contribution in [2.75, 3.05) is 18.0 Å². The summed E-state index contributed by atoms with van der Waals surface area (Å²) in [6, 6.07) is 8.07. The lowest BCUT2D eigenvalue weighted by Gasteiger charge is -2.24. The second-order valence-corrected chi connectivity index (χ2v) is 5.61. The monoisotopic (exact) mass is 249 g/mol. The van der Waals surface area contributed by atoms with Crippen molar-refractivity contribution in [3.8, 4) is 0 Å². The number of aliphatic hydroxyl groups excluding tert-OH is 1. The summed E-state index contributed by atoms with van der Waals surface area (Å²) in [4.78, 5) is 2.31. The Labute approximate surface area is 109 Å². The zero-order valence-corrected chi connectivity index (χ0v) is 11.3. The Hall–Kier alpha value is -1.06. The van der Waals surface area contributed by atoms with Crippen LogP contribution in [0.5, 0.6) is 0 Å². The van der Waals surface area contributed by atoms with Crippen LogP contribution in [0.4, 0.5) is 5.69 Å². The minimum Gasteiger partial charge on any atom is -0.390 e. The Morgan fingerprint density at radius 1 is 1.17 bits per heavy atom. The van der Waals surface area contributed by atoms with Gasteiger partial charge in [0.1, 0.15) is 0 Å². The molecular weight excluding hydrogens is 226 g/mol. The summed E-state index contributed by atoms with van der Waals surface area (Å²) in [6.07, 6.45) is 2.29. The van der Waals surface area contributed by atoms with Crippen molar-refractivity contribution >= 4 is 5.69 Å². The SMILES string of the molecule is C[C@@H](O)c1ccc(N2CCCC(C)(O)CC2)cc1. The lowest BCUT2D eigenvalue weighted by Crippen LogP contribution is -2.28. The molecule has 0 aliphatic carbocycles. The fourth-order valence-corrected chi connectivity index (χ4v) is 2.49. The van der Waals surface area contributed by atoms with E-state index < -0.39 is 11.7 Å². The molecule has 1 aromatic rings. The van der Waals surface area contributed by atoms with Crippen LogP contribution < -0.4 is 4.90 Å². The molecule has 1 heterocycles. The summed E-state index contributed by atoms with van der Waals surface area (Å²) in [5, 5.41) is 19.6. The fourth-order valence-electron chi connectivity index (χ4n) is 2.49. The molecule has 3 heteroatoms. The van der Waals surface area contributed by atoms with Gasteiger partial charge in [-0.2, -0.15) is 0 Å². The Morgan fingerprint density at radius 3 is 2.44 bits per heavy atom. The van der Waals surface area contributed by atoms with E-state index in [0.717, 1.165) is 37.9 Å². The van der Waals surface area contributed by atoms with Gasteiger partial charge in [0, 0.05) is 18.8 Å². The maximum absolute atomic E-state index is 10.1. The molecule has 0 radical (unpaired) electrons. The first-order valence-electron chi connectivity index (χ1n) is 6.73. The van der Waals surface area contributed by atoms with Gasteiger partial charge in [0.2, 0.25) is 0 Å². The Kier molecular flexibility index (Phi) is 3.93. The molecule has 0 aromatic heterocycles. The molecule has 1 fully saturated rings. The molecule has 0 amide bonds. The minimum absolute atomic E-state index is 0.413. The van der Waals surface area contributed by atoms with Gasteiger partial charge in [-0.1, -0.05) is 12.1 Å². The maximum atomic E-state index is 10.1. The van der Waals surface area contributed by atoms with Crippen LogP contribution in [0, 0.1) is 0 Å². The van der Waals surface area contributed by atoms with Crippen LogP contribution in [0.15, 0.2) is 24.3 Å². The maximum Gasteiger partial charge on any atom is 0.0761 e. The van der Waals surface area contributed by atoms with Crippen LogP contribution >= 0.6 is 0 Å². The summed E-state index contributed by atoms with van der Waals surface area (Å²) in [7, 11) is 0. The lowest BCUT2D eigenvalue weighted by atomic mass is 9.98. The highest BCUT2D eigenvalue weighted by atomic mass is 16.3. The first-order chi connectivity index (χ1) is 8.48. The molecule has 2 N–H and O–H groups in total. The minimum atomic E-state index is -0.520. The third kappa shape index (κ3) is 3.24. The van der Waals surface area contributed by atoms with E-state index in [1.165, 1.54) is 5.69 Å². The van der Waals surface area contributed by atoms with Gasteiger partial charge in [-0.25, -0.2) is 0 Å². The highest BCUT2D eigenvalue weighted by Gasteiger charge is 2.24. The summed E-state index contributed by atoms with van der Waals surface area (Å²) in [6.45, 7) is 5.58. The van der Waals surface area contributed by atoms with Crippen LogP contribution in [0.2, 0.25) is 0 Å². The molecule has 0 saturated carbocycles. The van der Waals surface area contributed by atoms with Gasteiger partial charge in [-0.15, -0.1) is 0 Å². The number of rotatable bonds is 2. The van der Waals surface area contributed by atoms with Crippen molar-refractivity contribution < 1.29 is 10.2 Å². The molecule has 2 rings (SSSR count). The number of hydrogen-bond acceptors (Lipinski definition) is 3. The second-order valence-electron chi connectivity index (χ2n) is 5.61. The highest BCUT2D eigenvalue weighted by Crippen LogP contribution is 2.26. The zero-order chi connectivity index (χ0) is 13.2. The summed E-state index contributed by atoms with van der Waals surface area (Å²) < 4.78 is 0. The fraction of sp³-hybridized carbons (Fsp3) is 0.600. The van der Waals surface area contributed by atoms with E-state index in [-0.39, 0.29) is 0 Å². The van der Waals surface area contributed by atoms with Crippen LogP contribution in [-0.4, -0.2) is 28.9 Å². The van der Waals surface area contributed by atoms with Crippen molar-refractivity contribution in [2.45, 2.75) is 44.8 Å². The van der Waals surface area contributed by atoms with E-state index in [9.17, 15) is 10.2 Å². The summed E-state index contributed by atoms with van der Waals surface area (Å²) >= 11 is 0. The molecule has 1 aromatic carbocycles. The molecule has 0 spiro atoms. The van der Waals surface area contributed by atoms with Crippen LogP contribution in [-0.2, 0) is 0 Å². The molecule has 3 nitrogen and oxygen atoms in total. The normalized spacial score (nSPS) is 26.8. The number of aliphatic hydroxyl groups is 2. The average molecular weight is 249 g/mol. The van der Waals surface area contributed by atoms with E-state index in [0.29, 0.717) is 0 Å². The molecule has 100 valence electrons. The van der Waals surface area contributed by atoms with Crippen LogP contribution in [0.1, 0.15) is 44.8 Å². The molecule has 0 bridgehead atoms. The van der Waals surface area contributed by atoms with Gasteiger partial charge in [-0.3, -0.25) is 0 Å². The Morgan fingerprint density at radius 2 is 1.83 bits per heavy atom. The van der Waals surface area contributed by atoms with Crippen LogP contribution in [0.3, 0.4) is 0 Å². The average Bonchev–Trinajstić information content (AvgIpc) is 2.50. The van der Waals surface area contributed by atoms with Crippen molar-refractivity contribution in [1.29, 1.82) is 0 Å². The summed E-state index contributed by atoms with van der Waals surface area (Å²) in [5.41, 5.74) is 1.60. The third-order valence-electron chi connectivity index (χ3n) is 3.80. The third-order valence-corrected chi connectivity index (χ3v) is 3.80. The van der Waals surface area contributed by atoms with Gasteiger partial charge in [0.05, 0.1) is 11.7 Å². The van der Waals surface area contributed by atoms with E-state index in [4.69, 9.17) is 0 Å². The first-order valence-corrected chi connectivity index (χ1v) is 6.73. The molecule has 1 aliphatic rings. The van der Waals surface area contributed by atoms with E-state index in [1.807, 2.05) is 19.1 Å². The topological polar surface area (TPSA) is 43.7 Å². The number of anilines is 1. The van der Waals surface area contributed by atoms with Crippen molar-refractivity contribution in [1.82, 2.24) is 0 Å². The molecular formula is C15H23NO2. The largest absolute Gasteiger partial charge is 0.390 e. The molecule has 2 atom stereocenters. The quantitative estimate of drug-likeness (QED) is 0.846. The zero-order valence-electron chi connectivity index (χ0n) is 11.3. The number of hydrogen-bond donors (Lipinski definition) is 2. The standard InChI is InChI=1S/C15H23NO2/c1-12(17)13-4-6-14(7-5-13)16-10-3-8-15(2,18)9-11-16/h4-7,12,17-18H,3,8-11H2,1-2H3/t12-,15?/m1/s1. The van der Waals surface area contributed by atoms with E-state index >= 15 is 0 Å². The Balaban J connectivity index is 2.07. The number of nitrogens with zero attached hydrogens (tertiary/aromatic N) is 1. The van der Waals surface area contributed by atoms with Gasteiger partial charge in [-0.05, 0) is 50.8 Å². The van der Waals surface area contributed by atoms with Gasteiger partial charge in [0.15, 0.2) is 0 Å². The molecule has 1 aliphatic heterocycles. The Bertz CT molecular complexity index is 384. The smallest absolute Gasteiger partial charge is 0.0761 e.